The Balaban J connectivity index is 4.83. The van der Waals surface area contributed by atoms with Crippen LogP contribution >= 0.6 is 0 Å². The van der Waals surface area contributed by atoms with Gasteiger partial charge in [-0.3, -0.25) is 9.59 Å². The smallest absolute Gasteiger partial charge is 0.322 e. The minimum atomic E-state index is -4.07. The Labute approximate surface area is 99.3 Å². The summed E-state index contributed by atoms with van der Waals surface area (Å²) in [6.07, 6.45) is 0. The number of nitriles is 1. The molecule has 0 heterocycles. The van der Waals surface area contributed by atoms with E-state index in [0.29, 0.717) is 0 Å². The van der Waals surface area contributed by atoms with Crippen LogP contribution in [0.1, 0.15) is 13.8 Å². The Morgan fingerprint density at radius 3 is 2.29 bits per heavy atom. The van der Waals surface area contributed by atoms with Crippen LogP contribution in [0.2, 0.25) is 0 Å². The second-order valence-corrected chi connectivity index (χ2v) is 5.87. The number of carbonyl (C=O) groups is 2. The standard InChI is InChI=1S/C9H14N2O5S/c1-6(2)8(9(13)14)17(15,16)5-7(12)11-4-3-10/h6,8H,4-5H2,1-2H3,(H,11,12)(H,13,14). The highest BCUT2D eigenvalue weighted by Gasteiger charge is 2.36. The van der Waals surface area contributed by atoms with E-state index in [1.54, 1.807) is 6.07 Å². The average Bonchev–Trinajstić information content (AvgIpc) is 2.11. The molecule has 7 nitrogen and oxygen atoms in total. The van der Waals surface area contributed by atoms with Crippen LogP contribution < -0.4 is 5.32 Å². The van der Waals surface area contributed by atoms with Crippen molar-refractivity contribution in [3.8, 4) is 6.07 Å². The molecule has 0 aromatic heterocycles. The number of hydrogen-bond donors (Lipinski definition) is 2. The third kappa shape index (κ3) is 4.82. The van der Waals surface area contributed by atoms with Gasteiger partial charge in [-0.15, -0.1) is 0 Å². The molecule has 1 unspecified atom stereocenters. The molecule has 0 saturated heterocycles. The molecule has 2 N–H and O–H groups in total. The van der Waals surface area contributed by atoms with Crippen molar-refractivity contribution in [3.63, 3.8) is 0 Å². The molecular formula is C9H14N2O5S. The van der Waals surface area contributed by atoms with Crippen molar-refractivity contribution >= 4 is 21.7 Å². The predicted octanol–water partition coefficient (Wildman–Crippen LogP) is -0.850. The van der Waals surface area contributed by atoms with E-state index in [1.807, 2.05) is 5.32 Å². The van der Waals surface area contributed by atoms with E-state index < -0.39 is 38.6 Å². The molecule has 1 amide bonds. The zero-order valence-corrected chi connectivity index (χ0v) is 10.3. The van der Waals surface area contributed by atoms with Gasteiger partial charge in [-0.2, -0.15) is 5.26 Å². The first kappa shape index (κ1) is 15.4. The van der Waals surface area contributed by atoms with Gasteiger partial charge in [0.15, 0.2) is 15.1 Å². The fourth-order valence-corrected chi connectivity index (χ4v) is 3.10. The maximum Gasteiger partial charge on any atom is 0.322 e. The molecular weight excluding hydrogens is 248 g/mol. The quantitative estimate of drug-likeness (QED) is 0.601. The molecule has 0 aromatic carbocycles. The molecule has 0 saturated carbocycles. The lowest BCUT2D eigenvalue weighted by Crippen LogP contribution is -2.41. The summed E-state index contributed by atoms with van der Waals surface area (Å²) in [5.41, 5.74) is 0. The van der Waals surface area contributed by atoms with E-state index in [-0.39, 0.29) is 6.54 Å². The first-order chi connectivity index (χ1) is 7.72. The molecule has 0 spiro atoms. The Bertz CT molecular complexity index is 435. The summed E-state index contributed by atoms with van der Waals surface area (Å²) in [6.45, 7) is 2.58. The summed E-state index contributed by atoms with van der Waals surface area (Å²) in [7, 11) is -4.07. The van der Waals surface area contributed by atoms with Gasteiger partial charge in [0.05, 0.1) is 6.07 Å². The number of amides is 1. The molecule has 1 atom stereocenters. The predicted molar refractivity (Wildman–Crippen MR) is 58.7 cm³/mol. The van der Waals surface area contributed by atoms with E-state index >= 15 is 0 Å². The number of nitrogens with zero attached hydrogens (tertiary/aromatic N) is 1. The Kier molecular flexibility index (Phi) is 5.61. The molecule has 8 heteroatoms. The molecule has 0 aliphatic heterocycles. The van der Waals surface area contributed by atoms with Gasteiger partial charge in [-0.05, 0) is 5.92 Å². The van der Waals surface area contributed by atoms with Crippen LogP contribution in [0.4, 0.5) is 0 Å². The second-order valence-electron chi connectivity index (χ2n) is 3.74. The van der Waals surface area contributed by atoms with Gasteiger partial charge >= 0.3 is 5.97 Å². The topological polar surface area (TPSA) is 124 Å². The summed E-state index contributed by atoms with van der Waals surface area (Å²) in [6, 6.07) is 1.62. The zero-order chi connectivity index (χ0) is 13.6. The van der Waals surface area contributed by atoms with Crippen molar-refractivity contribution in [2.75, 3.05) is 12.3 Å². The van der Waals surface area contributed by atoms with Crippen molar-refractivity contribution in [2.24, 2.45) is 5.92 Å². The molecule has 0 radical (unpaired) electrons. The lowest BCUT2D eigenvalue weighted by atomic mass is 10.1. The summed E-state index contributed by atoms with van der Waals surface area (Å²) in [5, 5.41) is 17.4. The maximum absolute atomic E-state index is 11.7. The molecule has 0 fully saturated rings. The molecule has 0 bridgehead atoms. The Morgan fingerprint density at radius 2 is 1.94 bits per heavy atom. The average molecular weight is 262 g/mol. The van der Waals surface area contributed by atoms with Crippen LogP contribution in [0.5, 0.6) is 0 Å². The highest BCUT2D eigenvalue weighted by atomic mass is 32.2. The van der Waals surface area contributed by atoms with Crippen LogP contribution in [0.15, 0.2) is 0 Å². The maximum atomic E-state index is 11.7. The number of carboxylic acid groups (broad SMARTS) is 1. The fourth-order valence-electron chi connectivity index (χ4n) is 1.32. The van der Waals surface area contributed by atoms with Crippen molar-refractivity contribution < 1.29 is 23.1 Å². The summed E-state index contributed by atoms with van der Waals surface area (Å²) in [4.78, 5) is 22.0. The number of aliphatic carboxylic acids is 1. The molecule has 0 aromatic rings. The summed E-state index contributed by atoms with van der Waals surface area (Å²) < 4.78 is 23.3. The Hall–Kier alpha value is -1.62. The molecule has 17 heavy (non-hydrogen) atoms. The number of carboxylic acids is 1. The normalized spacial score (nSPS) is 12.8. The first-order valence-corrected chi connectivity index (χ1v) is 6.52. The highest BCUT2D eigenvalue weighted by Crippen LogP contribution is 2.13. The molecule has 0 rings (SSSR count). The van der Waals surface area contributed by atoms with Gasteiger partial charge in [0.25, 0.3) is 0 Å². The lowest BCUT2D eigenvalue weighted by molar-refractivity contribution is -0.137. The number of rotatable bonds is 6. The van der Waals surface area contributed by atoms with Crippen molar-refractivity contribution in [1.29, 1.82) is 5.26 Å². The molecule has 0 aliphatic carbocycles. The number of hydrogen-bond acceptors (Lipinski definition) is 5. The van der Waals surface area contributed by atoms with Crippen molar-refractivity contribution in [3.05, 3.63) is 0 Å². The van der Waals surface area contributed by atoms with E-state index in [2.05, 4.69) is 0 Å². The fraction of sp³-hybridized carbons (Fsp3) is 0.667. The summed E-state index contributed by atoms with van der Waals surface area (Å²) in [5.74, 6) is -3.92. The van der Waals surface area contributed by atoms with Gasteiger partial charge in [-0.25, -0.2) is 8.42 Å². The minimum Gasteiger partial charge on any atom is -0.480 e. The SMILES string of the molecule is CC(C)C(C(=O)O)S(=O)(=O)CC(=O)NCC#N. The van der Waals surface area contributed by atoms with Crippen LogP contribution in [-0.4, -0.2) is 42.9 Å². The molecule has 96 valence electrons. The van der Waals surface area contributed by atoms with Crippen molar-refractivity contribution in [2.45, 2.75) is 19.1 Å². The Morgan fingerprint density at radius 1 is 1.41 bits per heavy atom. The second kappa shape index (κ2) is 6.20. The van der Waals surface area contributed by atoms with Crippen LogP contribution in [-0.2, 0) is 19.4 Å². The largest absolute Gasteiger partial charge is 0.480 e. The lowest BCUT2D eigenvalue weighted by Gasteiger charge is -2.16. The van der Waals surface area contributed by atoms with Crippen LogP contribution in [0.25, 0.3) is 0 Å². The monoisotopic (exact) mass is 262 g/mol. The van der Waals surface area contributed by atoms with E-state index in [0.717, 1.165) is 0 Å². The van der Waals surface area contributed by atoms with E-state index in [4.69, 9.17) is 10.4 Å². The van der Waals surface area contributed by atoms with Crippen molar-refractivity contribution in [1.82, 2.24) is 5.32 Å². The minimum absolute atomic E-state index is 0.312. The third-order valence-corrected chi connectivity index (χ3v) is 4.12. The van der Waals surface area contributed by atoms with E-state index in [9.17, 15) is 18.0 Å². The van der Waals surface area contributed by atoms with Crippen LogP contribution in [0.3, 0.4) is 0 Å². The number of nitrogens with one attached hydrogen (secondary N) is 1. The van der Waals surface area contributed by atoms with E-state index in [1.165, 1.54) is 13.8 Å². The number of sulfone groups is 1. The zero-order valence-electron chi connectivity index (χ0n) is 9.50. The highest BCUT2D eigenvalue weighted by molar-refractivity contribution is 7.93. The third-order valence-electron chi connectivity index (χ3n) is 1.93. The molecule has 0 aliphatic rings. The number of carbonyl (C=O) groups excluding carboxylic acids is 1. The first-order valence-electron chi connectivity index (χ1n) is 4.80. The van der Waals surface area contributed by atoms with Gasteiger partial charge in [0.2, 0.25) is 5.91 Å². The summed E-state index contributed by atoms with van der Waals surface area (Å²) >= 11 is 0. The van der Waals surface area contributed by atoms with Crippen LogP contribution in [0, 0.1) is 17.2 Å². The van der Waals surface area contributed by atoms with Gasteiger partial charge in [-0.1, -0.05) is 13.8 Å². The van der Waals surface area contributed by atoms with Gasteiger partial charge in [0.1, 0.15) is 12.3 Å². The van der Waals surface area contributed by atoms with Gasteiger partial charge in [0, 0.05) is 0 Å². The van der Waals surface area contributed by atoms with Gasteiger partial charge < -0.3 is 10.4 Å².